The Hall–Kier alpha value is -2.09. The molecule has 0 saturated carbocycles. The number of rotatable bonds is 4. The Morgan fingerprint density at radius 1 is 1.11 bits per heavy atom. The number of allylic oxidation sites excluding steroid dienone is 1. The second-order valence-electron chi connectivity index (χ2n) is 4.34. The number of carbonyl (C=O) groups excluding carboxylic acids is 1. The number of esters is 1. The van der Waals surface area contributed by atoms with Gasteiger partial charge in [-0.25, -0.2) is 4.79 Å². The lowest BCUT2D eigenvalue weighted by atomic mass is 9.99. The molecule has 0 saturated heterocycles. The lowest BCUT2D eigenvalue weighted by molar-refractivity contribution is -0.137. The third-order valence-corrected chi connectivity index (χ3v) is 3.08. The van der Waals surface area contributed by atoms with Gasteiger partial charge in [-0.3, -0.25) is 0 Å². The Kier molecular flexibility index (Phi) is 4.35. The molecule has 2 nitrogen and oxygen atoms in total. The number of hydrogen-bond donors (Lipinski definition) is 0. The molecule has 0 unspecified atom stereocenters. The average molecular weight is 254 g/mol. The van der Waals surface area contributed by atoms with E-state index in [0.717, 1.165) is 17.6 Å². The van der Waals surface area contributed by atoms with E-state index in [9.17, 15) is 4.79 Å². The van der Waals surface area contributed by atoms with Gasteiger partial charge in [-0.05, 0) is 41.3 Å². The quantitative estimate of drug-likeness (QED) is 0.604. The molecule has 0 aliphatic rings. The summed E-state index contributed by atoms with van der Waals surface area (Å²) in [7, 11) is 0. The summed E-state index contributed by atoms with van der Waals surface area (Å²) in [5, 5.41) is 2.39. The third-order valence-electron chi connectivity index (χ3n) is 3.08. The van der Waals surface area contributed by atoms with Crippen molar-refractivity contribution in [2.24, 2.45) is 0 Å². The fourth-order valence-electron chi connectivity index (χ4n) is 2.10. The predicted molar refractivity (Wildman–Crippen MR) is 78.8 cm³/mol. The van der Waals surface area contributed by atoms with Crippen LogP contribution in [0.2, 0.25) is 0 Å². The molecule has 0 aromatic heterocycles. The van der Waals surface area contributed by atoms with Gasteiger partial charge in [0.2, 0.25) is 0 Å². The van der Waals surface area contributed by atoms with Crippen molar-refractivity contribution in [3.8, 4) is 0 Å². The summed E-state index contributed by atoms with van der Waals surface area (Å²) in [6.45, 7) is 4.26. The van der Waals surface area contributed by atoms with Crippen molar-refractivity contribution in [2.45, 2.75) is 20.3 Å². The van der Waals surface area contributed by atoms with Crippen LogP contribution in [0.1, 0.15) is 25.8 Å². The van der Waals surface area contributed by atoms with Crippen LogP contribution in [-0.2, 0) is 9.53 Å². The Morgan fingerprint density at radius 3 is 2.53 bits per heavy atom. The zero-order valence-electron chi connectivity index (χ0n) is 11.3. The summed E-state index contributed by atoms with van der Waals surface area (Å²) in [5.41, 5.74) is 2.08. The zero-order chi connectivity index (χ0) is 13.7. The van der Waals surface area contributed by atoms with Crippen LogP contribution in [0.3, 0.4) is 0 Å². The first-order chi connectivity index (χ1) is 9.24. The largest absolute Gasteiger partial charge is 0.463 e. The fourth-order valence-corrected chi connectivity index (χ4v) is 2.10. The van der Waals surface area contributed by atoms with Gasteiger partial charge in [0.15, 0.2) is 0 Å². The molecule has 0 N–H and O–H groups in total. The minimum atomic E-state index is -0.271. The van der Waals surface area contributed by atoms with Gasteiger partial charge < -0.3 is 4.74 Å². The standard InChI is InChI=1S/C17H18O2/c1-3-13(12-17(18)19-4-2)16-10-9-14-7-5-6-8-15(14)11-16/h5-12H,3-4H2,1-2H3/b13-12+. The Labute approximate surface area is 113 Å². The molecule has 0 heterocycles. The van der Waals surface area contributed by atoms with Gasteiger partial charge >= 0.3 is 5.97 Å². The minimum absolute atomic E-state index is 0.271. The summed E-state index contributed by atoms with van der Waals surface area (Å²) >= 11 is 0. The van der Waals surface area contributed by atoms with Crippen molar-refractivity contribution < 1.29 is 9.53 Å². The second-order valence-corrected chi connectivity index (χ2v) is 4.34. The lowest BCUT2D eigenvalue weighted by Gasteiger charge is -2.07. The molecule has 2 heteroatoms. The van der Waals surface area contributed by atoms with Gasteiger partial charge in [0, 0.05) is 6.08 Å². The maximum absolute atomic E-state index is 11.6. The number of fused-ring (bicyclic) bond motifs is 1. The molecule has 98 valence electrons. The van der Waals surface area contributed by atoms with E-state index in [0.29, 0.717) is 6.61 Å². The molecule has 0 spiro atoms. The van der Waals surface area contributed by atoms with Crippen molar-refractivity contribution in [1.82, 2.24) is 0 Å². The molecule has 0 radical (unpaired) electrons. The molecule has 0 atom stereocenters. The number of carbonyl (C=O) groups is 1. The molecule has 0 aliphatic heterocycles. The van der Waals surface area contributed by atoms with Gasteiger partial charge in [-0.1, -0.05) is 43.3 Å². The molecular formula is C17H18O2. The predicted octanol–water partition coefficient (Wildman–Crippen LogP) is 4.20. The summed E-state index contributed by atoms with van der Waals surface area (Å²) in [4.78, 5) is 11.6. The van der Waals surface area contributed by atoms with E-state index in [1.807, 2.05) is 26.0 Å². The van der Waals surface area contributed by atoms with Gasteiger partial charge in [-0.15, -0.1) is 0 Å². The van der Waals surface area contributed by atoms with E-state index >= 15 is 0 Å². The zero-order valence-corrected chi connectivity index (χ0v) is 11.3. The highest BCUT2D eigenvalue weighted by molar-refractivity contribution is 5.93. The maximum atomic E-state index is 11.6. The van der Waals surface area contributed by atoms with Crippen molar-refractivity contribution >= 4 is 22.3 Å². The van der Waals surface area contributed by atoms with E-state index in [1.54, 1.807) is 6.08 Å². The monoisotopic (exact) mass is 254 g/mol. The first-order valence-corrected chi connectivity index (χ1v) is 6.61. The fraction of sp³-hybridized carbons (Fsp3) is 0.235. The summed E-state index contributed by atoms with van der Waals surface area (Å²) in [5.74, 6) is -0.271. The Balaban J connectivity index is 2.38. The highest BCUT2D eigenvalue weighted by Gasteiger charge is 2.04. The number of ether oxygens (including phenoxy) is 1. The normalized spacial score (nSPS) is 11.6. The molecule has 2 aromatic carbocycles. The highest BCUT2D eigenvalue weighted by Crippen LogP contribution is 2.23. The van der Waals surface area contributed by atoms with Crippen LogP contribution in [0.4, 0.5) is 0 Å². The topological polar surface area (TPSA) is 26.3 Å². The Bertz CT molecular complexity index is 611. The van der Waals surface area contributed by atoms with Gasteiger partial charge in [0.1, 0.15) is 0 Å². The third kappa shape index (κ3) is 3.22. The number of benzene rings is 2. The summed E-state index contributed by atoms with van der Waals surface area (Å²) in [6.07, 6.45) is 2.39. The maximum Gasteiger partial charge on any atom is 0.331 e. The summed E-state index contributed by atoms with van der Waals surface area (Å²) in [6, 6.07) is 14.5. The lowest BCUT2D eigenvalue weighted by Crippen LogP contribution is -2.00. The van der Waals surface area contributed by atoms with Crippen molar-refractivity contribution in [1.29, 1.82) is 0 Å². The van der Waals surface area contributed by atoms with Gasteiger partial charge in [0.25, 0.3) is 0 Å². The molecule has 0 aliphatic carbocycles. The number of hydrogen-bond acceptors (Lipinski definition) is 2. The first kappa shape index (κ1) is 13.3. The molecule has 0 bridgehead atoms. The minimum Gasteiger partial charge on any atom is -0.463 e. The average Bonchev–Trinajstić information content (AvgIpc) is 2.44. The molecule has 2 rings (SSSR count). The van der Waals surface area contributed by atoms with Crippen LogP contribution in [-0.4, -0.2) is 12.6 Å². The van der Waals surface area contributed by atoms with Crippen LogP contribution in [0.25, 0.3) is 16.3 Å². The van der Waals surface area contributed by atoms with Crippen LogP contribution >= 0.6 is 0 Å². The van der Waals surface area contributed by atoms with E-state index in [2.05, 4.69) is 30.3 Å². The van der Waals surface area contributed by atoms with Gasteiger partial charge in [-0.2, -0.15) is 0 Å². The van der Waals surface area contributed by atoms with Crippen molar-refractivity contribution in [3.05, 3.63) is 54.1 Å². The first-order valence-electron chi connectivity index (χ1n) is 6.61. The second kappa shape index (κ2) is 6.19. The molecular weight excluding hydrogens is 236 g/mol. The molecule has 0 amide bonds. The molecule has 0 fully saturated rings. The smallest absolute Gasteiger partial charge is 0.331 e. The van der Waals surface area contributed by atoms with Crippen LogP contribution < -0.4 is 0 Å². The van der Waals surface area contributed by atoms with E-state index in [1.165, 1.54) is 10.8 Å². The molecule has 19 heavy (non-hydrogen) atoms. The molecule has 2 aromatic rings. The van der Waals surface area contributed by atoms with E-state index in [4.69, 9.17) is 4.74 Å². The van der Waals surface area contributed by atoms with Crippen molar-refractivity contribution in [3.63, 3.8) is 0 Å². The van der Waals surface area contributed by atoms with Crippen LogP contribution in [0.5, 0.6) is 0 Å². The van der Waals surface area contributed by atoms with E-state index < -0.39 is 0 Å². The highest BCUT2D eigenvalue weighted by atomic mass is 16.5. The Morgan fingerprint density at radius 2 is 1.84 bits per heavy atom. The van der Waals surface area contributed by atoms with Crippen molar-refractivity contribution in [2.75, 3.05) is 6.61 Å². The SMILES string of the molecule is CCOC(=O)/C=C(\CC)c1ccc2ccccc2c1. The van der Waals surface area contributed by atoms with Crippen LogP contribution in [0, 0.1) is 0 Å². The van der Waals surface area contributed by atoms with Crippen LogP contribution in [0.15, 0.2) is 48.5 Å². The summed E-state index contributed by atoms with van der Waals surface area (Å²) < 4.78 is 4.97. The van der Waals surface area contributed by atoms with E-state index in [-0.39, 0.29) is 5.97 Å². The van der Waals surface area contributed by atoms with Gasteiger partial charge in [0.05, 0.1) is 6.61 Å².